The molecule has 2 unspecified atom stereocenters. The Balaban J connectivity index is 1.73. The normalized spacial score (nSPS) is 30.2. The summed E-state index contributed by atoms with van der Waals surface area (Å²) in [4.78, 5) is 9.97. The van der Waals surface area contributed by atoms with Crippen LogP contribution in [-0.2, 0) is 10.0 Å². The minimum absolute atomic E-state index is 0.0148. The van der Waals surface area contributed by atoms with Crippen LogP contribution < -0.4 is 10.5 Å². The summed E-state index contributed by atoms with van der Waals surface area (Å²) >= 11 is 0. The zero-order valence-corrected chi connectivity index (χ0v) is 12.9. The van der Waals surface area contributed by atoms with E-state index in [1.165, 1.54) is 18.8 Å². The minimum atomic E-state index is -3.57. The molecule has 2 saturated heterocycles. The van der Waals surface area contributed by atoms with Gasteiger partial charge in [-0.15, -0.1) is 0 Å². The quantitative estimate of drug-likeness (QED) is 0.835. The summed E-state index contributed by atoms with van der Waals surface area (Å²) in [5, 5.41) is 0. The second-order valence-electron chi connectivity index (χ2n) is 5.97. The van der Waals surface area contributed by atoms with Crippen LogP contribution in [0.3, 0.4) is 0 Å². The van der Waals surface area contributed by atoms with Gasteiger partial charge >= 0.3 is 0 Å². The van der Waals surface area contributed by atoms with E-state index in [0.29, 0.717) is 12.1 Å². The van der Waals surface area contributed by atoms with Gasteiger partial charge in [-0.1, -0.05) is 6.42 Å². The lowest BCUT2D eigenvalue weighted by Crippen LogP contribution is -2.55. The summed E-state index contributed by atoms with van der Waals surface area (Å²) in [5.41, 5.74) is 5.39. The zero-order valence-electron chi connectivity index (χ0n) is 12.1. The van der Waals surface area contributed by atoms with Crippen molar-refractivity contribution in [2.75, 3.05) is 12.8 Å². The average molecular weight is 311 g/mol. The molecule has 0 amide bonds. The lowest BCUT2D eigenvalue weighted by Gasteiger charge is -2.47. The standard InChI is InChI=1S/C13H21N5O2S/c1-18-10-3-2-4-11(18)6-9(5-10)17-21(19,20)12-7-15-13(14)16-8-12/h7-11,17H,2-6H2,1H3,(H2,14,15,16). The van der Waals surface area contributed by atoms with E-state index in [4.69, 9.17) is 5.73 Å². The van der Waals surface area contributed by atoms with Gasteiger partial charge in [-0.2, -0.15) is 0 Å². The van der Waals surface area contributed by atoms with Crippen LogP contribution in [0, 0.1) is 0 Å². The van der Waals surface area contributed by atoms with Crippen LogP contribution in [0.2, 0.25) is 0 Å². The lowest BCUT2D eigenvalue weighted by atomic mass is 9.83. The first-order valence-electron chi connectivity index (χ1n) is 7.27. The van der Waals surface area contributed by atoms with E-state index >= 15 is 0 Å². The molecule has 2 bridgehead atoms. The number of hydrogen-bond acceptors (Lipinski definition) is 6. The molecular weight excluding hydrogens is 290 g/mol. The molecule has 116 valence electrons. The minimum Gasteiger partial charge on any atom is -0.368 e. The fourth-order valence-electron chi connectivity index (χ4n) is 3.46. The first-order chi connectivity index (χ1) is 9.95. The summed E-state index contributed by atoms with van der Waals surface area (Å²) in [6.45, 7) is 0. The number of sulfonamides is 1. The SMILES string of the molecule is CN1C2CCCC1CC(NS(=O)(=O)c1cnc(N)nc1)C2. The molecule has 0 spiro atoms. The third-order valence-electron chi connectivity index (χ3n) is 4.62. The highest BCUT2D eigenvalue weighted by molar-refractivity contribution is 7.89. The molecule has 7 nitrogen and oxygen atoms in total. The van der Waals surface area contributed by atoms with E-state index in [-0.39, 0.29) is 16.9 Å². The van der Waals surface area contributed by atoms with Gasteiger partial charge in [-0.05, 0) is 32.7 Å². The van der Waals surface area contributed by atoms with Crippen molar-refractivity contribution in [2.24, 2.45) is 0 Å². The van der Waals surface area contributed by atoms with Crippen molar-refractivity contribution < 1.29 is 8.42 Å². The second kappa shape index (κ2) is 5.51. The van der Waals surface area contributed by atoms with Gasteiger partial charge in [0.2, 0.25) is 16.0 Å². The second-order valence-corrected chi connectivity index (χ2v) is 7.68. The summed E-state index contributed by atoms with van der Waals surface area (Å²) in [6.07, 6.45) is 7.77. The fraction of sp³-hybridized carbons (Fsp3) is 0.692. The highest BCUT2D eigenvalue weighted by Gasteiger charge is 2.37. The third-order valence-corrected chi connectivity index (χ3v) is 6.10. The van der Waals surface area contributed by atoms with Crippen molar-refractivity contribution in [3.63, 3.8) is 0 Å². The molecule has 3 rings (SSSR count). The van der Waals surface area contributed by atoms with Crippen molar-refractivity contribution in [3.8, 4) is 0 Å². The van der Waals surface area contributed by atoms with E-state index in [1.807, 2.05) is 0 Å². The fourth-order valence-corrected chi connectivity index (χ4v) is 4.61. The van der Waals surface area contributed by atoms with Crippen LogP contribution in [-0.4, -0.2) is 48.5 Å². The summed E-state index contributed by atoms with van der Waals surface area (Å²) in [6, 6.07) is 0.944. The Morgan fingerprint density at radius 1 is 1.24 bits per heavy atom. The molecule has 0 radical (unpaired) electrons. The van der Waals surface area contributed by atoms with E-state index < -0.39 is 10.0 Å². The largest absolute Gasteiger partial charge is 0.368 e. The van der Waals surface area contributed by atoms with Gasteiger partial charge in [0.05, 0.1) is 12.4 Å². The van der Waals surface area contributed by atoms with E-state index in [0.717, 1.165) is 25.7 Å². The number of nitrogens with one attached hydrogen (secondary N) is 1. The Morgan fingerprint density at radius 3 is 2.38 bits per heavy atom. The van der Waals surface area contributed by atoms with Crippen molar-refractivity contribution >= 4 is 16.0 Å². The predicted octanol–water partition coefficient (Wildman–Crippen LogP) is 0.352. The molecule has 0 aliphatic carbocycles. The third kappa shape index (κ3) is 3.02. The number of rotatable bonds is 3. The molecule has 1 aromatic rings. The number of piperidine rings is 2. The van der Waals surface area contributed by atoms with Crippen LogP contribution in [0.1, 0.15) is 32.1 Å². The Bertz CT molecular complexity index is 589. The number of nitrogen functional groups attached to an aromatic ring is 1. The van der Waals surface area contributed by atoms with E-state index in [2.05, 4.69) is 26.6 Å². The molecule has 1 aromatic heterocycles. The molecule has 2 fully saturated rings. The molecule has 0 saturated carbocycles. The summed E-state index contributed by atoms with van der Waals surface area (Å²) in [5.74, 6) is 0.0720. The maximum Gasteiger partial charge on any atom is 0.243 e. The molecule has 2 aliphatic rings. The van der Waals surface area contributed by atoms with Gasteiger partial charge in [0.1, 0.15) is 4.90 Å². The summed E-state index contributed by atoms with van der Waals surface area (Å²) in [7, 11) is -1.43. The summed E-state index contributed by atoms with van der Waals surface area (Å²) < 4.78 is 27.5. The average Bonchev–Trinajstić information content (AvgIpc) is 2.40. The van der Waals surface area contributed by atoms with E-state index in [9.17, 15) is 8.42 Å². The molecule has 3 N–H and O–H groups in total. The first-order valence-corrected chi connectivity index (χ1v) is 8.76. The number of nitrogens with zero attached hydrogens (tertiary/aromatic N) is 3. The Labute approximate surface area is 125 Å². The smallest absolute Gasteiger partial charge is 0.243 e. The van der Waals surface area contributed by atoms with Crippen LogP contribution >= 0.6 is 0 Å². The topological polar surface area (TPSA) is 101 Å². The zero-order chi connectivity index (χ0) is 15.0. The van der Waals surface area contributed by atoms with E-state index in [1.54, 1.807) is 0 Å². The predicted molar refractivity (Wildman–Crippen MR) is 79.0 cm³/mol. The lowest BCUT2D eigenvalue weighted by molar-refractivity contribution is 0.0536. The highest BCUT2D eigenvalue weighted by Crippen LogP contribution is 2.33. The number of nitrogens with two attached hydrogens (primary N) is 1. The van der Waals surface area contributed by atoms with Crippen molar-refractivity contribution in [1.29, 1.82) is 0 Å². The Kier molecular flexibility index (Phi) is 3.85. The van der Waals surface area contributed by atoms with Crippen LogP contribution in [0.15, 0.2) is 17.3 Å². The van der Waals surface area contributed by atoms with Crippen molar-refractivity contribution in [1.82, 2.24) is 19.6 Å². The highest BCUT2D eigenvalue weighted by atomic mass is 32.2. The number of fused-ring (bicyclic) bond motifs is 2. The molecular formula is C13H21N5O2S. The van der Waals surface area contributed by atoms with Gasteiger partial charge in [0.25, 0.3) is 0 Å². The molecule has 21 heavy (non-hydrogen) atoms. The number of hydrogen-bond donors (Lipinski definition) is 2. The van der Waals surface area contributed by atoms with Crippen LogP contribution in [0.4, 0.5) is 5.95 Å². The first kappa shape index (κ1) is 14.7. The molecule has 3 heterocycles. The number of aromatic nitrogens is 2. The van der Waals surface area contributed by atoms with Gasteiger partial charge in [-0.3, -0.25) is 0 Å². The van der Waals surface area contributed by atoms with Crippen LogP contribution in [0.5, 0.6) is 0 Å². The molecule has 2 aliphatic heterocycles. The maximum absolute atomic E-state index is 12.4. The van der Waals surface area contributed by atoms with Crippen LogP contribution in [0.25, 0.3) is 0 Å². The van der Waals surface area contributed by atoms with Gasteiger partial charge in [0, 0.05) is 18.1 Å². The molecule has 2 atom stereocenters. The van der Waals surface area contributed by atoms with Crippen molar-refractivity contribution in [2.45, 2.75) is 55.1 Å². The van der Waals surface area contributed by atoms with Gasteiger partial charge in [0.15, 0.2) is 0 Å². The molecule has 0 aromatic carbocycles. The monoisotopic (exact) mass is 311 g/mol. The van der Waals surface area contributed by atoms with Crippen molar-refractivity contribution in [3.05, 3.63) is 12.4 Å². The number of anilines is 1. The Morgan fingerprint density at radius 2 is 1.81 bits per heavy atom. The maximum atomic E-state index is 12.4. The molecule has 8 heteroatoms. The van der Waals surface area contributed by atoms with Gasteiger partial charge in [-0.25, -0.2) is 23.1 Å². The van der Waals surface area contributed by atoms with Gasteiger partial charge < -0.3 is 10.6 Å². The Hall–Kier alpha value is -1.25.